The lowest BCUT2D eigenvalue weighted by atomic mass is 9.93. The van der Waals surface area contributed by atoms with Crippen LogP contribution in [-0.2, 0) is 18.6 Å². The fourth-order valence-corrected chi connectivity index (χ4v) is 5.13. The molecule has 4 rings (SSSR count). The van der Waals surface area contributed by atoms with E-state index in [1.165, 1.54) is 12.1 Å². The second-order valence-corrected chi connectivity index (χ2v) is 10.4. The first-order chi connectivity index (χ1) is 18.1. The van der Waals surface area contributed by atoms with Crippen molar-refractivity contribution in [3.63, 3.8) is 0 Å². The van der Waals surface area contributed by atoms with Gasteiger partial charge in [-0.15, -0.1) is 0 Å². The number of piperazine rings is 1. The van der Waals surface area contributed by atoms with Gasteiger partial charge in [-0.1, -0.05) is 25.1 Å². The quantitative estimate of drug-likeness (QED) is 0.471. The molecule has 0 radical (unpaired) electrons. The second kappa shape index (κ2) is 11.6. The molecule has 202 valence electrons. The Balaban J connectivity index is 1.68. The zero-order valence-electron chi connectivity index (χ0n) is 22.6. The summed E-state index contributed by atoms with van der Waals surface area (Å²) in [5.41, 5.74) is 3.55. The molecule has 2 heterocycles. The summed E-state index contributed by atoms with van der Waals surface area (Å²) >= 11 is 0. The Morgan fingerprint density at radius 3 is 2.53 bits per heavy atom. The number of rotatable bonds is 8. The maximum absolute atomic E-state index is 13.8. The van der Waals surface area contributed by atoms with Crippen LogP contribution < -0.4 is 4.90 Å². The molecular weight excluding hydrogens is 483 g/mol. The van der Waals surface area contributed by atoms with Crippen molar-refractivity contribution in [3.05, 3.63) is 94.6 Å². The Kier molecular flexibility index (Phi) is 8.45. The summed E-state index contributed by atoms with van der Waals surface area (Å²) in [5.74, 6) is -0.361. The van der Waals surface area contributed by atoms with Crippen molar-refractivity contribution in [3.8, 4) is 0 Å². The van der Waals surface area contributed by atoms with Gasteiger partial charge in [-0.05, 0) is 66.4 Å². The van der Waals surface area contributed by atoms with Crippen LogP contribution in [0.15, 0.2) is 60.8 Å². The molecule has 38 heavy (non-hydrogen) atoms. The second-order valence-electron chi connectivity index (χ2n) is 10.4. The lowest BCUT2D eigenvalue weighted by Gasteiger charge is -2.45. The summed E-state index contributed by atoms with van der Waals surface area (Å²) in [6.45, 7) is 5.86. The highest BCUT2D eigenvalue weighted by molar-refractivity contribution is 6.00. The van der Waals surface area contributed by atoms with Crippen LogP contribution in [0.5, 0.6) is 0 Å². The van der Waals surface area contributed by atoms with Crippen LogP contribution in [0.4, 0.5) is 10.1 Å². The number of aryl methyl sites for hydroxylation is 1. The minimum Gasteiger partial charge on any atom is -0.390 e. The zero-order chi connectivity index (χ0) is 27.4. The summed E-state index contributed by atoms with van der Waals surface area (Å²) < 4.78 is 13.8. The first-order valence-corrected chi connectivity index (χ1v) is 13.0. The molecule has 7 nitrogen and oxygen atoms in total. The van der Waals surface area contributed by atoms with Gasteiger partial charge in [-0.3, -0.25) is 14.7 Å². The van der Waals surface area contributed by atoms with Crippen LogP contribution in [0.2, 0.25) is 0 Å². The molecule has 2 aromatic carbocycles. The molecule has 2 atom stereocenters. The maximum atomic E-state index is 13.8. The molecule has 0 bridgehead atoms. The third-order valence-electron chi connectivity index (χ3n) is 7.27. The predicted octanol–water partition coefficient (Wildman–Crippen LogP) is 3.75. The van der Waals surface area contributed by atoms with Gasteiger partial charge in [0.05, 0.1) is 35.2 Å². The van der Waals surface area contributed by atoms with Gasteiger partial charge in [-0.2, -0.15) is 0 Å². The molecule has 1 aliphatic heterocycles. The van der Waals surface area contributed by atoms with E-state index in [9.17, 15) is 19.4 Å². The van der Waals surface area contributed by atoms with E-state index >= 15 is 0 Å². The van der Waals surface area contributed by atoms with E-state index in [1.54, 1.807) is 56.4 Å². The van der Waals surface area contributed by atoms with Crippen molar-refractivity contribution in [2.45, 2.75) is 38.5 Å². The van der Waals surface area contributed by atoms with Crippen LogP contribution in [0, 0.1) is 5.82 Å². The lowest BCUT2D eigenvalue weighted by Crippen LogP contribution is -2.52. The molecule has 1 aromatic heterocycles. The molecule has 8 heteroatoms. The van der Waals surface area contributed by atoms with E-state index in [4.69, 9.17) is 0 Å². The largest absolute Gasteiger partial charge is 0.390 e. The minimum absolute atomic E-state index is 0.0594. The molecule has 0 unspecified atom stereocenters. The predicted molar refractivity (Wildman–Crippen MR) is 146 cm³/mol. The maximum Gasteiger partial charge on any atom is 0.255 e. The number of nitrogens with zero attached hydrogens (tertiary/aromatic N) is 4. The Bertz CT molecular complexity index is 1260. The summed E-state index contributed by atoms with van der Waals surface area (Å²) in [4.78, 5) is 23.3. The topological polar surface area (TPSA) is 80.1 Å². The molecule has 0 saturated carbocycles. The number of anilines is 1. The van der Waals surface area contributed by atoms with E-state index in [0.717, 1.165) is 23.2 Å². The van der Waals surface area contributed by atoms with E-state index in [-0.39, 0.29) is 24.4 Å². The number of β-amino-alcohol motifs (C(OH)–C–C–N with tert-alkyl or cyclic N) is 1. The zero-order valence-corrected chi connectivity index (χ0v) is 22.6. The molecule has 1 amide bonds. The van der Waals surface area contributed by atoms with E-state index in [0.29, 0.717) is 43.0 Å². The molecule has 2 N–H and O–H groups in total. The number of aliphatic hydroxyl groups is 2. The fraction of sp³-hybridized carbons (Fsp3) is 0.400. The minimum atomic E-state index is -1.17. The molecule has 3 aromatic rings. The van der Waals surface area contributed by atoms with Gasteiger partial charge in [0.25, 0.3) is 5.91 Å². The summed E-state index contributed by atoms with van der Waals surface area (Å²) in [7, 11) is 3.51. The molecule has 0 aliphatic carbocycles. The van der Waals surface area contributed by atoms with Crippen molar-refractivity contribution in [2.75, 3.05) is 45.2 Å². The van der Waals surface area contributed by atoms with Crippen molar-refractivity contribution in [1.82, 2.24) is 14.8 Å². The third-order valence-corrected chi connectivity index (χ3v) is 7.27. The Hall–Kier alpha value is -3.33. The number of carbonyl (C=O) groups excluding carboxylic acids is 1. The van der Waals surface area contributed by atoms with E-state index in [1.807, 2.05) is 12.1 Å². The average Bonchev–Trinajstić information content (AvgIpc) is 2.92. The number of halogens is 1. The normalized spacial score (nSPS) is 17.8. The van der Waals surface area contributed by atoms with Crippen LogP contribution in [0.3, 0.4) is 0 Å². The van der Waals surface area contributed by atoms with Crippen LogP contribution in [-0.4, -0.2) is 71.2 Å². The van der Waals surface area contributed by atoms with Gasteiger partial charge in [-0.25, -0.2) is 4.39 Å². The molecule has 1 fully saturated rings. The smallest absolute Gasteiger partial charge is 0.255 e. The highest BCUT2D eigenvalue weighted by Crippen LogP contribution is 2.35. The fourth-order valence-electron chi connectivity index (χ4n) is 5.13. The number of amides is 1. The van der Waals surface area contributed by atoms with E-state index < -0.39 is 5.60 Å². The van der Waals surface area contributed by atoms with Gasteiger partial charge in [0.2, 0.25) is 0 Å². The third kappa shape index (κ3) is 6.04. The number of pyridine rings is 1. The highest BCUT2D eigenvalue weighted by Gasteiger charge is 2.35. The van der Waals surface area contributed by atoms with Crippen molar-refractivity contribution in [2.24, 2.45) is 0 Å². The van der Waals surface area contributed by atoms with Crippen LogP contribution >= 0.6 is 0 Å². The number of benzene rings is 2. The highest BCUT2D eigenvalue weighted by atomic mass is 19.1. The molecule has 1 aliphatic rings. The van der Waals surface area contributed by atoms with Crippen molar-refractivity contribution >= 4 is 11.6 Å². The monoisotopic (exact) mass is 520 g/mol. The molecule has 1 saturated heterocycles. The average molecular weight is 521 g/mol. The van der Waals surface area contributed by atoms with Crippen molar-refractivity contribution in [1.29, 1.82) is 0 Å². The summed E-state index contributed by atoms with van der Waals surface area (Å²) in [6, 6.07) is 15.9. The number of carbonyl (C=O) groups is 1. The SMILES string of the molecule is CCc1ccc(N2CCN(C[C@@](C)(O)c3ccnc(CO)c3)C[C@H]2c2ccc(F)cc2)c(C(=O)N(C)C)c1. The summed E-state index contributed by atoms with van der Waals surface area (Å²) in [6.07, 6.45) is 2.42. The van der Waals surface area contributed by atoms with E-state index in [2.05, 4.69) is 27.8 Å². The number of aromatic nitrogens is 1. The van der Waals surface area contributed by atoms with Crippen LogP contribution in [0.25, 0.3) is 0 Å². The Morgan fingerprint density at radius 1 is 1.13 bits per heavy atom. The number of hydrogen-bond acceptors (Lipinski definition) is 6. The van der Waals surface area contributed by atoms with Gasteiger partial charge >= 0.3 is 0 Å². The van der Waals surface area contributed by atoms with Gasteiger partial charge in [0.15, 0.2) is 0 Å². The first kappa shape index (κ1) is 27.7. The number of aliphatic hydroxyl groups excluding tert-OH is 1. The first-order valence-electron chi connectivity index (χ1n) is 13.0. The standard InChI is InChI=1S/C30H37FN4O3/c1-5-21-6-11-27(26(16-21)29(37)33(3)4)35-15-14-34(18-28(35)22-7-9-24(31)10-8-22)20-30(2,38)23-12-13-32-25(17-23)19-36/h6-13,16-17,28,36,38H,5,14-15,18-20H2,1-4H3/t28-,30+/m0/s1. The molecule has 0 spiro atoms. The number of hydrogen-bond donors (Lipinski definition) is 2. The van der Waals surface area contributed by atoms with Crippen LogP contribution in [0.1, 0.15) is 52.6 Å². The van der Waals surface area contributed by atoms with Gasteiger partial charge in [0.1, 0.15) is 5.82 Å². The van der Waals surface area contributed by atoms with Gasteiger partial charge < -0.3 is 20.0 Å². The lowest BCUT2D eigenvalue weighted by molar-refractivity contribution is 0.0101. The Morgan fingerprint density at radius 2 is 1.87 bits per heavy atom. The Labute approximate surface area is 224 Å². The molecular formula is C30H37FN4O3. The van der Waals surface area contributed by atoms with Crippen molar-refractivity contribution < 1.29 is 19.4 Å². The summed E-state index contributed by atoms with van der Waals surface area (Å²) in [5, 5.41) is 20.9. The van der Waals surface area contributed by atoms with Gasteiger partial charge in [0, 0.05) is 46.5 Å².